The summed E-state index contributed by atoms with van der Waals surface area (Å²) in [4.78, 5) is 24.8. The second-order valence-electron chi connectivity index (χ2n) is 7.29. The fourth-order valence-electron chi connectivity index (χ4n) is 3.03. The van der Waals surface area contributed by atoms with Crippen LogP contribution in [-0.4, -0.2) is 43.3 Å². The average Bonchev–Trinajstić information content (AvgIpc) is 3.17. The van der Waals surface area contributed by atoms with Crippen LogP contribution < -0.4 is 22.1 Å². The number of carbonyl (C=O) groups is 2. The maximum Gasteiger partial charge on any atom is 0.250 e. The first-order chi connectivity index (χ1) is 15.5. The van der Waals surface area contributed by atoms with Crippen molar-refractivity contribution in [3.63, 3.8) is 0 Å². The molecule has 1 aromatic heterocycles. The summed E-state index contributed by atoms with van der Waals surface area (Å²) in [6.45, 7) is 1.63. The SMILES string of the molecule is Cc1cc(Nc2cc(N[C@H](CN)C(=O)c3ccc(S(C)(=O)=O)cc3)c(F)cc2C(N)=O)sn1. The van der Waals surface area contributed by atoms with E-state index in [-0.39, 0.29) is 33.9 Å². The van der Waals surface area contributed by atoms with Gasteiger partial charge < -0.3 is 22.1 Å². The van der Waals surface area contributed by atoms with Gasteiger partial charge in [-0.2, -0.15) is 4.37 Å². The van der Waals surface area contributed by atoms with E-state index in [1.54, 1.807) is 13.0 Å². The quantitative estimate of drug-likeness (QED) is 0.332. The number of nitrogens with zero attached hydrogens (tertiary/aromatic N) is 1. The molecule has 0 aliphatic heterocycles. The molecule has 12 heteroatoms. The second kappa shape index (κ2) is 9.65. The summed E-state index contributed by atoms with van der Waals surface area (Å²) < 4.78 is 42.1. The fourth-order valence-corrected chi connectivity index (χ4v) is 4.34. The van der Waals surface area contributed by atoms with Gasteiger partial charge in [-0.3, -0.25) is 9.59 Å². The molecule has 3 aromatic rings. The molecular weight excluding hydrogens is 469 g/mol. The molecule has 0 radical (unpaired) electrons. The predicted octanol–water partition coefficient (Wildman–Crippen LogP) is 2.46. The number of anilines is 3. The number of aromatic nitrogens is 1. The zero-order valence-corrected chi connectivity index (χ0v) is 19.4. The van der Waals surface area contributed by atoms with Crippen molar-refractivity contribution in [1.29, 1.82) is 0 Å². The van der Waals surface area contributed by atoms with Gasteiger partial charge in [-0.1, -0.05) is 12.1 Å². The molecule has 0 aliphatic carbocycles. The first-order valence-corrected chi connectivity index (χ1v) is 12.3. The summed E-state index contributed by atoms with van der Waals surface area (Å²) in [6, 6.07) is 8.41. The lowest BCUT2D eigenvalue weighted by atomic mass is 10.0. The zero-order valence-electron chi connectivity index (χ0n) is 17.8. The number of carbonyl (C=O) groups excluding carboxylic acids is 2. The molecule has 6 N–H and O–H groups in total. The number of halogens is 1. The second-order valence-corrected chi connectivity index (χ2v) is 10.1. The van der Waals surface area contributed by atoms with Crippen LogP contribution in [0.5, 0.6) is 0 Å². The molecule has 174 valence electrons. The maximum atomic E-state index is 14.8. The van der Waals surface area contributed by atoms with Crippen molar-refractivity contribution >= 4 is 49.4 Å². The summed E-state index contributed by atoms with van der Waals surface area (Å²) >= 11 is 1.15. The molecule has 0 aliphatic rings. The van der Waals surface area contributed by atoms with Crippen molar-refractivity contribution in [2.24, 2.45) is 11.5 Å². The molecular formula is C21H22FN5O4S2. The number of primary amides is 1. The van der Waals surface area contributed by atoms with Gasteiger partial charge >= 0.3 is 0 Å². The molecule has 0 saturated carbocycles. The highest BCUT2D eigenvalue weighted by Crippen LogP contribution is 2.30. The maximum absolute atomic E-state index is 14.8. The van der Waals surface area contributed by atoms with Gasteiger partial charge in [-0.05, 0) is 48.8 Å². The van der Waals surface area contributed by atoms with Gasteiger partial charge in [0.05, 0.1) is 27.5 Å². The molecule has 2 aromatic carbocycles. The van der Waals surface area contributed by atoms with Gasteiger partial charge in [0.25, 0.3) is 5.91 Å². The molecule has 1 atom stereocenters. The lowest BCUT2D eigenvalue weighted by Crippen LogP contribution is -2.37. The lowest BCUT2D eigenvalue weighted by Gasteiger charge is -2.19. The van der Waals surface area contributed by atoms with E-state index in [0.29, 0.717) is 5.00 Å². The number of Topliss-reactive ketones (excluding diaryl/α,β-unsaturated/α-hetero) is 1. The molecule has 0 saturated heterocycles. The van der Waals surface area contributed by atoms with Crippen LogP contribution in [0.15, 0.2) is 47.4 Å². The Morgan fingerprint density at radius 3 is 2.33 bits per heavy atom. The van der Waals surface area contributed by atoms with Crippen LogP contribution in [-0.2, 0) is 9.84 Å². The van der Waals surface area contributed by atoms with Crippen LogP contribution in [0.3, 0.4) is 0 Å². The van der Waals surface area contributed by atoms with Gasteiger partial charge in [0.1, 0.15) is 16.9 Å². The van der Waals surface area contributed by atoms with E-state index in [1.165, 1.54) is 30.3 Å². The van der Waals surface area contributed by atoms with E-state index >= 15 is 0 Å². The molecule has 0 bridgehead atoms. The summed E-state index contributed by atoms with van der Waals surface area (Å²) in [5.41, 5.74) is 12.2. The number of nitrogens with one attached hydrogen (secondary N) is 2. The molecule has 0 unspecified atom stereocenters. The van der Waals surface area contributed by atoms with Crippen molar-refractivity contribution in [3.05, 3.63) is 65.1 Å². The number of rotatable bonds is 9. The van der Waals surface area contributed by atoms with Crippen LogP contribution in [0.4, 0.5) is 20.8 Å². The van der Waals surface area contributed by atoms with Crippen LogP contribution in [0.1, 0.15) is 26.4 Å². The minimum Gasteiger partial charge on any atom is -0.371 e. The number of nitrogens with two attached hydrogens (primary N) is 2. The Kier molecular flexibility index (Phi) is 7.10. The molecule has 3 rings (SSSR count). The Bertz CT molecular complexity index is 1310. The zero-order chi connectivity index (χ0) is 24.3. The summed E-state index contributed by atoms with van der Waals surface area (Å²) in [6.07, 6.45) is 1.06. The van der Waals surface area contributed by atoms with Crippen molar-refractivity contribution in [2.75, 3.05) is 23.4 Å². The van der Waals surface area contributed by atoms with Gasteiger partial charge in [-0.15, -0.1) is 0 Å². The minimum atomic E-state index is -3.42. The number of ketones is 1. The van der Waals surface area contributed by atoms with Crippen LogP contribution in [0.2, 0.25) is 0 Å². The van der Waals surface area contributed by atoms with E-state index in [2.05, 4.69) is 15.0 Å². The highest BCUT2D eigenvalue weighted by molar-refractivity contribution is 7.90. The molecule has 0 spiro atoms. The molecule has 1 heterocycles. The Balaban J connectivity index is 1.90. The predicted molar refractivity (Wildman–Crippen MR) is 125 cm³/mol. The number of aryl methyl sites for hydroxylation is 1. The van der Waals surface area contributed by atoms with E-state index in [9.17, 15) is 22.4 Å². The Labute approximate surface area is 194 Å². The van der Waals surface area contributed by atoms with E-state index in [4.69, 9.17) is 11.5 Å². The fraction of sp³-hybridized carbons (Fsp3) is 0.190. The Morgan fingerprint density at radius 1 is 1.15 bits per heavy atom. The highest BCUT2D eigenvalue weighted by Gasteiger charge is 2.22. The number of hydrogen-bond acceptors (Lipinski definition) is 9. The number of sulfone groups is 1. The van der Waals surface area contributed by atoms with Crippen molar-refractivity contribution in [2.45, 2.75) is 17.9 Å². The van der Waals surface area contributed by atoms with Crippen molar-refractivity contribution in [3.8, 4) is 0 Å². The number of amides is 1. The van der Waals surface area contributed by atoms with Crippen LogP contribution in [0, 0.1) is 12.7 Å². The first-order valence-electron chi connectivity index (χ1n) is 9.64. The minimum absolute atomic E-state index is 0.0680. The van der Waals surface area contributed by atoms with E-state index in [0.717, 1.165) is 29.5 Å². The molecule has 0 fully saturated rings. The third kappa shape index (κ3) is 5.72. The van der Waals surface area contributed by atoms with Gasteiger partial charge in [-0.25, -0.2) is 12.8 Å². The first kappa shape index (κ1) is 24.3. The van der Waals surface area contributed by atoms with Crippen LogP contribution in [0.25, 0.3) is 0 Å². The number of hydrogen-bond donors (Lipinski definition) is 4. The average molecular weight is 492 g/mol. The summed E-state index contributed by atoms with van der Waals surface area (Å²) in [5, 5.41) is 6.37. The normalized spacial score (nSPS) is 12.2. The highest BCUT2D eigenvalue weighted by atomic mass is 32.2. The standard InChI is InChI=1S/C21H22FN5O4S2/c1-11-7-19(32-27-11)26-16-9-17(15(22)8-14(16)21(24)29)25-18(10-23)20(28)12-3-5-13(6-4-12)33(2,30)31/h3-9,18,25-26H,10,23H2,1-2H3,(H2,24,29)/t18-/m1/s1. The topological polar surface area (TPSA) is 157 Å². The van der Waals surface area contributed by atoms with E-state index in [1.807, 2.05) is 0 Å². The van der Waals surface area contributed by atoms with E-state index < -0.39 is 33.4 Å². The van der Waals surface area contributed by atoms with Crippen molar-refractivity contribution < 1.29 is 22.4 Å². The Morgan fingerprint density at radius 2 is 1.82 bits per heavy atom. The molecule has 9 nitrogen and oxygen atoms in total. The lowest BCUT2D eigenvalue weighted by molar-refractivity contribution is 0.0969. The van der Waals surface area contributed by atoms with Crippen molar-refractivity contribution in [1.82, 2.24) is 4.37 Å². The largest absolute Gasteiger partial charge is 0.371 e. The number of benzene rings is 2. The summed E-state index contributed by atoms with van der Waals surface area (Å²) in [5.74, 6) is -2.08. The summed E-state index contributed by atoms with van der Waals surface area (Å²) in [7, 11) is -3.42. The smallest absolute Gasteiger partial charge is 0.250 e. The molecule has 1 amide bonds. The van der Waals surface area contributed by atoms with Gasteiger partial charge in [0.15, 0.2) is 15.6 Å². The third-order valence-corrected chi connectivity index (χ3v) is 6.63. The van der Waals surface area contributed by atoms with Gasteiger partial charge in [0, 0.05) is 18.4 Å². The van der Waals surface area contributed by atoms with Crippen LogP contribution >= 0.6 is 11.5 Å². The monoisotopic (exact) mass is 491 g/mol. The third-order valence-electron chi connectivity index (χ3n) is 4.71. The molecule has 33 heavy (non-hydrogen) atoms. The Hall–Kier alpha value is -3.35. The van der Waals surface area contributed by atoms with Gasteiger partial charge in [0.2, 0.25) is 0 Å².